The molecule has 1 aliphatic rings. The highest BCUT2D eigenvalue weighted by Gasteiger charge is 2.36. The Bertz CT molecular complexity index is 1120. The van der Waals surface area contributed by atoms with E-state index in [1.54, 1.807) is 12.1 Å². The van der Waals surface area contributed by atoms with E-state index in [0.29, 0.717) is 24.1 Å². The van der Waals surface area contributed by atoms with Crippen LogP contribution in [0.25, 0.3) is 11.1 Å². The van der Waals surface area contributed by atoms with Gasteiger partial charge in [0.15, 0.2) is 0 Å². The lowest BCUT2D eigenvalue weighted by atomic mass is 9.99. The van der Waals surface area contributed by atoms with Crippen molar-refractivity contribution in [1.29, 1.82) is 0 Å². The van der Waals surface area contributed by atoms with E-state index in [-0.39, 0.29) is 17.5 Å². The van der Waals surface area contributed by atoms with Crippen molar-refractivity contribution in [3.63, 3.8) is 0 Å². The lowest BCUT2D eigenvalue weighted by molar-refractivity contribution is -0.274. The summed E-state index contributed by atoms with van der Waals surface area (Å²) < 4.78 is 80.5. The van der Waals surface area contributed by atoms with E-state index in [1.165, 1.54) is 36.5 Å². The third kappa shape index (κ3) is 4.92. The number of alkyl halides is 6. The number of benzene rings is 2. The Morgan fingerprint density at radius 2 is 1.44 bits per heavy atom. The van der Waals surface area contributed by atoms with Crippen molar-refractivity contribution in [2.45, 2.75) is 31.4 Å². The van der Waals surface area contributed by atoms with E-state index in [1.807, 2.05) is 12.1 Å². The predicted molar refractivity (Wildman–Crippen MR) is 106 cm³/mol. The number of hydrogen-bond donors (Lipinski definition) is 0. The molecule has 2 heterocycles. The Morgan fingerprint density at radius 1 is 0.812 bits per heavy atom. The Balaban J connectivity index is 1.52. The number of hydrogen-bond acceptors (Lipinski definition) is 3. The lowest BCUT2D eigenvalue weighted by Crippen LogP contribution is -2.16. The van der Waals surface area contributed by atoms with Gasteiger partial charge in [-0.1, -0.05) is 36.4 Å². The molecule has 1 aromatic heterocycles. The molecule has 0 amide bonds. The van der Waals surface area contributed by atoms with Gasteiger partial charge in [-0.15, -0.1) is 13.2 Å². The zero-order valence-corrected chi connectivity index (χ0v) is 16.4. The van der Waals surface area contributed by atoms with Crippen LogP contribution in [0.2, 0.25) is 0 Å². The fraction of sp³-hybridized carbons (Fsp3) is 0.217. The van der Waals surface area contributed by atoms with Gasteiger partial charge in [0.05, 0.1) is 23.0 Å². The molecular formula is C23H16F6N2O. The molecule has 0 saturated heterocycles. The van der Waals surface area contributed by atoms with Gasteiger partial charge >= 0.3 is 12.5 Å². The third-order valence-corrected chi connectivity index (χ3v) is 5.07. The van der Waals surface area contributed by atoms with Crippen LogP contribution >= 0.6 is 0 Å². The smallest absolute Gasteiger partial charge is 0.406 e. The average Bonchev–Trinajstić information content (AvgIpc) is 3.23. The molecule has 4 rings (SSSR count). The fourth-order valence-electron chi connectivity index (χ4n) is 3.62. The Labute approximate surface area is 179 Å². The van der Waals surface area contributed by atoms with Crippen LogP contribution in [0, 0.1) is 0 Å². The topological polar surface area (TPSA) is 34.5 Å². The van der Waals surface area contributed by atoms with Gasteiger partial charge in [0, 0.05) is 6.20 Å². The number of ether oxygens (including phenoxy) is 1. The molecule has 0 saturated carbocycles. The number of halogens is 6. The van der Waals surface area contributed by atoms with E-state index in [4.69, 9.17) is 0 Å². The van der Waals surface area contributed by atoms with Crippen LogP contribution < -0.4 is 4.74 Å². The quantitative estimate of drug-likeness (QED) is 0.402. The second-order valence-corrected chi connectivity index (χ2v) is 7.22. The predicted octanol–water partition coefficient (Wildman–Crippen LogP) is 6.99. The molecule has 1 atom stereocenters. The number of aromatic nitrogens is 1. The molecule has 3 aromatic rings. The standard InChI is InChI=1S/C23H16F6N2O/c24-22(25,26)18-2-1-13-30-21(18)20-12-11-19(31-20)16-5-3-14(4-6-16)15-7-9-17(10-8-15)32-23(27,28)29/h1-10,13,19H,11-12H2. The van der Waals surface area contributed by atoms with Gasteiger partial charge in [0.25, 0.3) is 0 Å². The monoisotopic (exact) mass is 450 g/mol. The first-order valence-electron chi connectivity index (χ1n) is 9.65. The molecule has 3 nitrogen and oxygen atoms in total. The highest BCUT2D eigenvalue weighted by molar-refractivity contribution is 6.01. The summed E-state index contributed by atoms with van der Waals surface area (Å²) in [5.41, 5.74) is 1.70. The maximum Gasteiger partial charge on any atom is 0.573 e. The summed E-state index contributed by atoms with van der Waals surface area (Å²) in [5, 5.41) is 0. The normalized spacial score (nSPS) is 16.7. The molecule has 0 radical (unpaired) electrons. The fourth-order valence-corrected chi connectivity index (χ4v) is 3.62. The molecule has 0 bridgehead atoms. The molecular weight excluding hydrogens is 434 g/mol. The van der Waals surface area contributed by atoms with Crippen LogP contribution in [-0.2, 0) is 6.18 Å². The van der Waals surface area contributed by atoms with Gasteiger partial charge in [0.1, 0.15) is 5.75 Å². The summed E-state index contributed by atoms with van der Waals surface area (Å²) in [6.07, 6.45) is -6.99. The van der Waals surface area contributed by atoms with Crippen LogP contribution in [0.5, 0.6) is 5.75 Å². The van der Waals surface area contributed by atoms with Gasteiger partial charge in [-0.05, 0) is 53.8 Å². The SMILES string of the molecule is FC(F)(F)Oc1ccc(-c2ccc(C3CCC(c4ncccc4C(F)(F)F)=N3)cc2)cc1. The summed E-state index contributed by atoms with van der Waals surface area (Å²) in [4.78, 5) is 8.39. The average molecular weight is 450 g/mol. The van der Waals surface area contributed by atoms with E-state index in [9.17, 15) is 26.3 Å². The summed E-state index contributed by atoms with van der Waals surface area (Å²) in [5.74, 6) is -0.307. The van der Waals surface area contributed by atoms with Crippen LogP contribution in [-0.4, -0.2) is 17.1 Å². The van der Waals surface area contributed by atoms with Crippen LogP contribution in [0.1, 0.15) is 35.7 Å². The minimum atomic E-state index is -4.75. The van der Waals surface area contributed by atoms with Crippen molar-refractivity contribution >= 4 is 5.71 Å². The summed E-state index contributed by atoms with van der Waals surface area (Å²) in [6.45, 7) is 0. The molecule has 32 heavy (non-hydrogen) atoms. The van der Waals surface area contributed by atoms with Gasteiger partial charge in [-0.25, -0.2) is 0 Å². The molecule has 1 unspecified atom stereocenters. The maximum absolute atomic E-state index is 13.3. The summed E-state index contributed by atoms with van der Waals surface area (Å²) in [7, 11) is 0. The minimum Gasteiger partial charge on any atom is -0.406 e. The number of pyridine rings is 1. The second-order valence-electron chi connectivity index (χ2n) is 7.22. The molecule has 1 aliphatic heterocycles. The van der Waals surface area contributed by atoms with Crippen molar-refractivity contribution < 1.29 is 31.1 Å². The van der Waals surface area contributed by atoms with E-state index < -0.39 is 18.1 Å². The van der Waals surface area contributed by atoms with Crippen LogP contribution in [0.4, 0.5) is 26.3 Å². The first kappa shape index (κ1) is 21.9. The maximum atomic E-state index is 13.3. The molecule has 0 fully saturated rings. The Hall–Kier alpha value is -3.36. The minimum absolute atomic E-state index is 0.139. The second kappa shape index (κ2) is 8.29. The van der Waals surface area contributed by atoms with Gasteiger partial charge in [0.2, 0.25) is 0 Å². The van der Waals surface area contributed by atoms with Crippen molar-refractivity contribution in [2.75, 3.05) is 0 Å². The van der Waals surface area contributed by atoms with E-state index >= 15 is 0 Å². The van der Waals surface area contributed by atoms with E-state index in [2.05, 4.69) is 14.7 Å². The first-order valence-corrected chi connectivity index (χ1v) is 9.65. The number of rotatable bonds is 4. The van der Waals surface area contributed by atoms with Crippen molar-refractivity contribution in [1.82, 2.24) is 4.98 Å². The molecule has 0 N–H and O–H groups in total. The zero-order chi connectivity index (χ0) is 22.9. The molecule has 2 aromatic carbocycles. The molecule has 0 spiro atoms. The Kier molecular flexibility index (Phi) is 5.66. The number of aliphatic imine (C=N–C) groups is 1. The Morgan fingerprint density at radius 3 is 2.03 bits per heavy atom. The summed E-state index contributed by atoms with van der Waals surface area (Å²) in [6, 6.07) is 14.7. The van der Waals surface area contributed by atoms with Crippen LogP contribution in [0.15, 0.2) is 71.9 Å². The van der Waals surface area contributed by atoms with Gasteiger partial charge in [-0.2, -0.15) is 13.2 Å². The van der Waals surface area contributed by atoms with Crippen LogP contribution in [0.3, 0.4) is 0 Å². The van der Waals surface area contributed by atoms with Gasteiger partial charge in [-0.3, -0.25) is 9.98 Å². The van der Waals surface area contributed by atoms with E-state index in [0.717, 1.165) is 17.2 Å². The summed E-state index contributed by atoms with van der Waals surface area (Å²) >= 11 is 0. The van der Waals surface area contributed by atoms with Crippen molar-refractivity contribution in [3.8, 4) is 16.9 Å². The highest BCUT2D eigenvalue weighted by Crippen LogP contribution is 2.36. The molecule has 166 valence electrons. The largest absolute Gasteiger partial charge is 0.573 e. The van der Waals surface area contributed by atoms with Crippen molar-refractivity contribution in [2.24, 2.45) is 4.99 Å². The van der Waals surface area contributed by atoms with Crippen molar-refractivity contribution in [3.05, 3.63) is 83.7 Å². The lowest BCUT2D eigenvalue weighted by Gasteiger charge is -2.11. The molecule has 0 aliphatic carbocycles. The number of nitrogens with zero attached hydrogens (tertiary/aromatic N) is 2. The molecule has 9 heteroatoms. The first-order chi connectivity index (χ1) is 15.1. The zero-order valence-electron chi connectivity index (χ0n) is 16.4. The highest BCUT2D eigenvalue weighted by atomic mass is 19.4. The van der Waals surface area contributed by atoms with Gasteiger partial charge < -0.3 is 4.74 Å². The third-order valence-electron chi connectivity index (χ3n) is 5.07.